The Bertz CT molecular complexity index is 1340. The Balaban J connectivity index is 1.74. The molecule has 1 heterocycles. The molecule has 37 heavy (non-hydrogen) atoms. The molecule has 2 aromatic carbocycles. The van der Waals surface area contributed by atoms with Crippen LogP contribution in [0.1, 0.15) is 43.1 Å². The van der Waals surface area contributed by atoms with Crippen LogP contribution in [0.25, 0.3) is 0 Å². The highest BCUT2D eigenvalue weighted by Gasteiger charge is 2.41. The lowest BCUT2D eigenvalue weighted by Gasteiger charge is -2.27. The maximum atomic E-state index is 13.7. The van der Waals surface area contributed by atoms with E-state index in [1.54, 1.807) is 45.0 Å². The van der Waals surface area contributed by atoms with Crippen molar-refractivity contribution in [2.24, 2.45) is 0 Å². The lowest BCUT2D eigenvalue weighted by Crippen LogP contribution is -2.51. The van der Waals surface area contributed by atoms with E-state index >= 15 is 0 Å². The molecule has 0 unspecified atom stereocenters. The van der Waals surface area contributed by atoms with E-state index in [1.807, 2.05) is 0 Å². The molecule has 0 spiro atoms. The van der Waals surface area contributed by atoms with Crippen molar-refractivity contribution < 1.29 is 31.9 Å². The number of amides is 3. The van der Waals surface area contributed by atoms with Gasteiger partial charge < -0.3 is 20.3 Å². The van der Waals surface area contributed by atoms with Gasteiger partial charge in [-0.1, -0.05) is 23.7 Å². The van der Waals surface area contributed by atoms with Crippen LogP contribution in [0.3, 0.4) is 0 Å². The molecule has 2 aromatic rings. The highest BCUT2D eigenvalue weighted by atomic mass is 35.5. The Hall–Kier alpha value is -3.18. The molecule has 2 aliphatic rings. The minimum Gasteiger partial charge on any atom is -0.444 e. The first-order valence-corrected chi connectivity index (χ1v) is 13.6. The number of sulfone groups is 1. The molecule has 3 amide bonds. The van der Waals surface area contributed by atoms with E-state index in [1.165, 1.54) is 23.1 Å². The van der Waals surface area contributed by atoms with Gasteiger partial charge in [0.15, 0.2) is 9.84 Å². The third-order valence-electron chi connectivity index (χ3n) is 5.77. The molecule has 3 atom stereocenters. The second-order valence-corrected chi connectivity index (χ2v) is 12.5. The monoisotopic (exact) mass is 551 g/mol. The lowest BCUT2D eigenvalue weighted by molar-refractivity contribution is -0.120. The Morgan fingerprint density at radius 1 is 1.14 bits per heavy atom. The standard InChI is InChI=1S/C25H27ClFN3O6S/c1-25(2,3)36-24(33)29-19-13-37(34,35)21-9-6-15(22(31)28-18-11-17(18)27)10-20(21)30(23(19)32)12-14-4-7-16(26)8-5-14/h4-10,17-19H,11-13H2,1-3H3,(H,28,31)(H,29,33)/t17-,18+,19-/m0/s1. The van der Waals surface area contributed by atoms with Gasteiger partial charge in [0.05, 0.1) is 28.9 Å². The van der Waals surface area contributed by atoms with Gasteiger partial charge in [-0.3, -0.25) is 9.59 Å². The van der Waals surface area contributed by atoms with Crippen molar-refractivity contribution >= 4 is 45.0 Å². The number of alkyl halides is 1. The van der Waals surface area contributed by atoms with Crippen LogP contribution in [0.15, 0.2) is 47.4 Å². The molecule has 0 radical (unpaired) electrons. The predicted molar refractivity (Wildman–Crippen MR) is 135 cm³/mol. The van der Waals surface area contributed by atoms with Crippen molar-refractivity contribution in [2.45, 2.75) is 62.5 Å². The van der Waals surface area contributed by atoms with Gasteiger partial charge in [0.1, 0.15) is 17.8 Å². The summed E-state index contributed by atoms with van der Waals surface area (Å²) in [5.41, 5.74) is -0.188. The highest BCUT2D eigenvalue weighted by molar-refractivity contribution is 7.91. The minimum absolute atomic E-state index is 0.0197. The van der Waals surface area contributed by atoms with Gasteiger partial charge in [0, 0.05) is 17.0 Å². The first-order valence-electron chi connectivity index (χ1n) is 11.6. The number of benzene rings is 2. The Morgan fingerprint density at radius 3 is 2.38 bits per heavy atom. The SMILES string of the molecule is CC(C)(C)OC(=O)N[C@H]1CS(=O)(=O)c2ccc(C(=O)N[C@@H]3C[C@@H]3F)cc2N(Cc2ccc(Cl)cc2)C1=O. The van der Waals surface area contributed by atoms with Crippen LogP contribution in [0.2, 0.25) is 5.02 Å². The van der Waals surface area contributed by atoms with E-state index in [9.17, 15) is 27.2 Å². The summed E-state index contributed by atoms with van der Waals surface area (Å²) in [7, 11) is -4.09. The Morgan fingerprint density at radius 2 is 1.78 bits per heavy atom. The zero-order chi connectivity index (χ0) is 27.1. The number of alkyl carbamates (subject to hydrolysis) is 1. The number of nitrogens with one attached hydrogen (secondary N) is 2. The molecule has 198 valence electrons. The summed E-state index contributed by atoms with van der Waals surface area (Å²) in [6.07, 6.45) is -1.85. The number of anilines is 1. The van der Waals surface area contributed by atoms with Crippen LogP contribution in [0.5, 0.6) is 0 Å². The maximum Gasteiger partial charge on any atom is 0.408 e. The molecule has 9 nitrogen and oxygen atoms in total. The van der Waals surface area contributed by atoms with Gasteiger partial charge in [0.25, 0.3) is 11.8 Å². The smallest absolute Gasteiger partial charge is 0.408 e. The second kappa shape index (κ2) is 9.94. The Kier molecular flexibility index (Phi) is 7.22. The van der Waals surface area contributed by atoms with Crippen molar-refractivity contribution in [2.75, 3.05) is 10.7 Å². The number of rotatable bonds is 5. The fourth-order valence-electron chi connectivity index (χ4n) is 3.87. The molecule has 1 saturated carbocycles. The van der Waals surface area contributed by atoms with Crippen LogP contribution < -0.4 is 15.5 Å². The predicted octanol–water partition coefficient (Wildman–Crippen LogP) is 3.39. The van der Waals surface area contributed by atoms with Gasteiger partial charge in [-0.2, -0.15) is 0 Å². The minimum atomic E-state index is -4.09. The van der Waals surface area contributed by atoms with Crippen LogP contribution in [-0.4, -0.2) is 55.9 Å². The molecule has 2 N–H and O–H groups in total. The van der Waals surface area contributed by atoms with E-state index in [0.29, 0.717) is 10.6 Å². The first-order chi connectivity index (χ1) is 17.2. The molecule has 0 saturated heterocycles. The first kappa shape index (κ1) is 26.9. The van der Waals surface area contributed by atoms with Crippen molar-refractivity contribution in [3.05, 3.63) is 58.6 Å². The van der Waals surface area contributed by atoms with Crippen LogP contribution >= 0.6 is 11.6 Å². The van der Waals surface area contributed by atoms with Crippen molar-refractivity contribution in [1.82, 2.24) is 10.6 Å². The van der Waals surface area contributed by atoms with Crippen molar-refractivity contribution in [3.8, 4) is 0 Å². The van der Waals surface area contributed by atoms with Gasteiger partial charge in [0.2, 0.25) is 0 Å². The van der Waals surface area contributed by atoms with E-state index in [0.717, 1.165) is 0 Å². The number of nitrogens with zero attached hydrogens (tertiary/aromatic N) is 1. The molecule has 0 bridgehead atoms. The third kappa shape index (κ3) is 6.40. The molecular weight excluding hydrogens is 525 g/mol. The normalized spacial score (nSPS) is 22.5. The molecule has 1 fully saturated rings. The van der Waals surface area contributed by atoms with Gasteiger partial charge >= 0.3 is 6.09 Å². The lowest BCUT2D eigenvalue weighted by atomic mass is 10.1. The topological polar surface area (TPSA) is 122 Å². The Labute approximate surface area is 219 Å². The summed E-state index contributed by atoms with van der Waals surface area (Å²) in [6, 6.07) is 8.42. The summed E-state index contributed by atoms with van der Waals surface area (Å²) < 4.78 is 45.2. The number of fused-ring (bicyclic) bond motifs is 1. The number of hydrogen-bond donors (Lipinski definition) is 2. The summed E-state index contributed by atoms with van der Waals surface area (Å²) in [5, 5.41) is 5.41. The summed E-state index contributed by atoms with van der Waals surface area (Å²) in [6.45, 7) is 4.85. The van der Waals surface area contributed by atoms with Crippen LogP contribution in [0, 0.1) is 0 Å². The van der Waals surface area contributed by atoms with Gasteiger partial charge in [-0.05, 0) is 56.7 Å². The maximum absolute atomic E-state index is 13.7. The molecule has 1 aliphatic heterocycles. The van der Waals surface area contributed by atoms with Crippen molar-refractivity contribution in [1.29, 1.82) is 0 Å². The largest absolute Gasteiger partial charge is 0.444 e. The summed E-state index contributed by atoms with van der Waals surface area (Å²) in [4.78, 5) is 39.9. The molecule has 12 heteroatoms. The van der Waals surface area contributed by atoms with Gasteiger partial charge in [-0.25, -0.2) is 17.6 Å². The summed E-state index contributed by atoms with van der Waals surface area (Å²) >= 11 is 5.98. The molecule has 4 rings (SSSR count). The van der Waals surface area contributed by atoms with Crippen LogP contribution in [-0.2, 0) is 25.9 Å². The number of carbonyl (C=O) groups excluding carboxylic acids is 3. The van der Waals surface area contributed by atoms with E-state index in [-0.39, 0.29) is 29.1 Å². The molecular formula is C25H27ClFN3O6S. The number of carbonyl (C=O) groups is 3. The number of halogens is 2. The van der Waals surface area contributed by atoms with Crippen LogP contribution in [0.4, 0.5) is 14.9 Å². The number of hydrogen-bond acceptors (Lipinski definition) is 6. The zero-order valence-electron chi connectivity index (χ0n) is 20.5. The molecule has 0 aromatic heterocycles. The van der Waals surface area contributed by atoms with E-state index in [2.05, 4.69) is 10.6 Å². The van der Waals surface area contributed by atoms with E-state index in [4.69, 9.17) is 16.3 Å². The number of ether oxygens (including phenoxy) is 1. The molecule has 1 aliphatic carbocycles. The quantitative estimate of drug-likeness (QED) is 0.587. The average molecular weight is 552 g/mol. The fraction of sp³-hybridized carbons (Fsp3) is 0.400. The highest BCUT2D eigenvalue weighted by Crippen LogP contribution is 2.34. The van der Waals surface area contributed by atoms with E-state index < -0.39 is 57.4 Å². The average Bonchev–Trinajstić information content (AvgIpc) is 3.50. The van der Waals surface area contributed by atoms with Gasteiger partial charge in [-0.15, -0.1) is 0 Å². The third-order valence-corrected chi connectivity index (χ3v) is 7.81. The second-order valence-electron chi connectivity index (χ2n) is 10.0. The fourth-order valence-corrected chi connectivity index (χ4v) is 5.61. The summed E-state index contributed by atoms with van der Waals surface area (Å²) in [5.74, 6) is -1.99. The van der Waals surface area contributed by atoms with Crippen molar-refractivity contribution in [3.63, 3.8) is 0 Å². The zero-order valence-corrected chi connectivity index (χ0v) is 22.0.